The monoisotopic (exact) mass is 189 g/mol. The first-order valence-corrected chi connectivity index (χ1v) is 5.24. The molecule has 75 valence electrons. The number of hydrogen-bond acceptors (Lipinski definition) is 2. The molecule has 1 fully saturated rings. The van der Waals surface area contributed by atoms with E-state index in [-0.39, 0.29) is 0 Å². The van der Waals surface area contributed by atoms with Gasteiger partial charge < -0.3 is 10.2 Å². The number of nitrogens with zero attached hydrogens (tertiary/aromatic N) is 1. The van der Waals surface area contributed by atoms with Gasteiger partial charge >= 0.3 is 0 Å². The number of anilines is 1. The molecule has 0 aliphatic carbocycles. The molecule has 2 rings (SSSR count). The van der Waals surface area contributed by atoms with Gasteiger partial charge in [0.15, 0.2) is 0 Å². The highest BCUT2D eigenvalue weighted by Crippen LogP contribution is 2.19. The van der Waals surface area contributed by atoms with Crippen LogP contribution in [-0.2, 0) is 0 Å². The Bertz CT molecular complexity index is 288. The van der Waals surface area contributed by atoms with E-state index in [1.165, 1.54) is 12.1 Å². The molecular formula is C12H17N2. The van der Waals surface area contributed by atoms with E-state index >= 15 is 0 Å². The van der Waals surface area contributed by atoms with Gasteiger partial charge in [-0.2, -0.15) is 0 Å². The highest BCUT2D eigenvalue weighted by atomic mass is 15.2. The molecular weight excluding hydrogens is 172 g/mol. The molecule has 1 N–H and O–H groups in total. The van der Waals surface area contributed by atoms with Crippen molar-refractivity contribution in [2.24, 2.45) is 0 Å². The van der Waals surface area contributed by atoms with E-state index in [1.807, 2.05) is 6.07 Å². The molecule has 1 aliphatic heterocycles. The summed E-state index contributed by atoms with van der Waals surface area (Å²) in [6.07, 6.45) is 1.22. The smallest absolute Gasteiger partial charge is 0.0399 e. The third kappa shape index (κ3) is 2.07. The second-order valence-electron chi connectivity index (χ2n) is 3.72. The summed E-state index contributed by atoms with van der Waals surface area (Å²) >= 11 is 0. The average molecular weight is 189 g/mol. The van der Waals surface area contributed by atoms with Crippen molar-refractivity contribution in [3.05, 3.63) is 36.8 Å². The fraction of sp³-hybridized carbons (Fsp3) is 0.417. The number of nitrogens with one attached hydrogen (secondary N) is 1. The Balaban J connectivity index is 2.16. The zero-order chi connectivity index (χ0) is 9.80. The van der Waals surface area contributed by atoms with Crippen LogP contribution in [0, 0.1) is 6.92 Å². The minimum absolute atomic E-state index is 1.08. The Kier molecular flexibility index (Phi) is 3.04. The number of benzene rings is 1. The van der Waals surface area contributed by atoms with Crippen molar-refractivity contribution < 1.29 is 0 Å². The van der Waals surface area contributed by atoms with Gasteiger partial charge in [0.05, 0.1) is 0 Å². The van der Waals surface area contributed by atoms with E-state index < -0.39 is 0 Å². The summed E-state index contributed by atoms with van der Waals surface area (Å²) in [5.74, 6) is 0. The maximum atomic E-state index is 4.06. The minimum atomic E-state index is 1.08. The van der Waals surface area contributed by atoms with Crippen LogP contribution in [0.3, 0.4) is 0 Å². The van der Waals surface area contributed by atoms with Crippen molar-refractivity contribution in [3.63, 3.8) is 0 Å². The van der Waals surface area contributed by atoms with E-state index in [1.54, 1.807) is 0 Å². The van der Waals surface area contributed by atoms with Crippen LogP contribution < -0.4 is 10.2 Å². The fourth-order valence-corrected chi connectivity index (χ4v) is 1.91. The molecule has 0 spiro atoms. The van der Waals surface area contributed by atoms with Gasteiger partial charge in [0, 0.05) is 25.3 Å². The molecule has 1 aliphatic rings. The summed E-state index contributed by atoms with van der Waals surface area (Å²) in [5.41, 5.74) is 2.42. The largest absolute Gasteiger partial charge is 0.370 e. The molecule has 0 amide bonds. The first-order chi connectivity index (χ1) is 6.88. The second kappa shape index (κ2) is 4.47. The zero-order valence-corrected chi connectivity index (χ0v) is 8.50. The van der Waals surface area contributed by atoms with E-state index in [0.717, 1.165) is 31.7 Å². The highest BCUT2D eigenvalue weighted by Gasteiger charge is 2.10. The van der Waals surface area contributed by atoms with Crippen molar-refractivity contribution in [1.29, 1.82) is 0 Å². The van der Waals surface area contributed by atoms with Gasteiger partial charge in [-0.25, -0.2) is 0 Å². The summed E-state index contributed by atoms with van der Waals surface area (Å²) < 4.78 is 0. The predicted octanol–water partition coefficient (Wildman–Crippen LogP) is 1.67. The number of para-hydroxylation sites is 1. The topological polar surface area (TPSA) is 15.3 Å². The molecule has 0 bridgehead atoms. The molecule has 0 saturated carbocycles. The molecule has 14 heavy (non-hydrogen) atoms. The van der Waals surface area contributed by atoms with Crippen LogP contribution in [-0.4, -0.2) is 26.2 Å². The van der Waals surface area contributed by atoms with Crippen LogP contribution in [0.5, 0.6) is 0 Å². The number of rotatable bonds is 1. The summed E-state index contributed by atoms with van der Waals surface area (Å²) in [6.45, 7) is 8.50. The molecule has 0 atom stereocenters. The van der Waals surface area contributed by atoms with E-state index in [0.29, 0.717) is 0 Å². The summed E-state index contributed by atoms with van der Waals surface area (Å²) in [4.78, 5) is 2.42. The van der Waals surface area contributed by atoms with Gasteiger partial charge in [-0.05, 0) is 31.5 Å². The van der Waals surface area contributed by atoms with Crippen LogP contribution in [0.1, 0.15) is 12.0 Å². The van der Waals surface area contributed by atoms with Crippen molar-refractivity contribution in [2.75, 3.05) is 31.1 Å². The molecule has 0 aromatic heterocycles. The van der Waals surface area contributed by atoms with Crippen molar-refractivity contribution in [1.82, 2.24) is 5.32 Å². The normalized spacial score (nSPS) is 17.9. The Morgan fingerprint density at radius 1 is 1.14 bits per heavy atom. The Morgan fingerprint density at radius 3 is 2.86 bits per heavy atom. The first kappa shape index (κ1) is 9.53. The number of hydrogen-bond donors (Lipinski definition) is 1. The lowest BCUT2D eigenvalue weighted by molar-refractivity contribution is 0.724. The molecule has 1 aromatic carbocycles. The summed E-state index contributed by atoms with van der Waals surface area (Å²) in [6, 6.07) is 8.37. The van der Waals surface area contributed by atoms with Crippen LogP contribution in [0.25, 0.3) is 0 Å². The lowest BCUT2D eigenvalue weighted by Gasteiger charge is -2.23. The Hall–Kier alpha value is -1.02. The molecule has 1 heterocycles. The maximum absolute atomic E-state index is 4.06. The minimum Gasteiger partial charge on any atom is -0.370 e. The molecule has 2 nitrogen and oxygen atoms in total. The van der Waals surface area contributed by atoms with Gasteiger partial charge in [0.1, 0.15) is 0 Å². The Labute approximate surface area is 85.9 Å². The van der Waals surface area contributed by atoms with Crippen LogP contribution in [0.2, 0.25) is 0 Å². The lowest BCUT2D eigenvalue weighted by atomic mass is 10.2. The predicted molar refractivity (Wildman–Crippen MR) is 60.6 cm³/mol. The lowest BCUT2D eigenvalue weighted by Crippen LogP contribution is -2.28. The summed E-state index contributed by atoms with van der Waals surface area (Å²) in [7, 11) is 0. The van der Waals surface area contributed by atoms with Gasteiger partial charge in [0.25, 0.3) is 0 Å². The highest BCUT2D eigenvalue weighted by molar-refractivity contribution is 5.55. The third-order valence-electron chi connectivity index (χ3n) is 2.67. The molecule has 1 aromatic rings. The molecule has 1 radical (unpaired) electrons. The fourth-order valence-electron chi connectivity index (χ4n) is 1.91. The van der Waals surface area contributed by atoms with Gasteiger partial charge in [-0.3, -0.25) is 0 Å². The molecule has 0 unspecified atom stereocenters. The first-order valence-electron chi connectivity index (χ1n) is 5.24. The average Bonchev–Trinajstić information content (AvgIpc) is 2.47. The van der Waals surface area contributed by atoms with Crippen LogP contribution in [0.15, 0.2) is 24.3 Å². The molecule has 1 saturated heterocycles. The van der Waals surface area contributed by atoms with Crippen molar-refractivity contribution in [2.45, 2.75) is 6.42 Å². The SMILES string of the molecule is [CH2]c1ccccc1N1CCCNCC1. The maximum Gasteiger partial charge on any atom is 0.0399 e. The summed E-state index contributed by atoms with van der Waals surface area (Å²) in [5, 5.41) is 3.40. The van der Waals surface area contributed by atoms with E-state index in [4.69, 9.17) is 0 Å². The van der Waals surface area contributed by atoms with Gasteiger partial charge in [-0.15, -0.1) is 0 Å². The van der Waals surface area contributed by atoms with Crippen molar-refractivity contribution in [3.8, 4) is 0 Å². The standard InChI is InChI=1S/C12H17N2/c1-11-5-2-3-6-12(11)14-9-4-7-13-8-10-14/h2-3,5-6,13H,1,4,7-10H2. The van der Waals surface area contributed by atoms with E-state index in [9.17, 15) is 0 Å². The second-order valence-corrected chi connectivity index (χ2v) is 3.72. The Morgan fingerprint density at radius 2 is 2.00 bits per heavy atom. The van der Waals surface area contributed by atoms with E-state index in [2.05, 4.69) is 35.3 Å². The van der Waals surface area contributed by atoms with Gasteiger partial charge in [0.2, 0.25) is 0 Å². The van der Waals surface area contributed by atoms with Gasteiger partial charge in [-0.1, -0.05) is 18.2 Å². The van der Waals surface area contributed by atoms with Crippen molar-refractivity contribution >= 4 is 5.69 Å². The van der Waals surface area contributed by atoms with Crippen LogP contribution in [0.4, 0.5) is 5.69 Å². The zero-order valence-electron chi connectivity index (χ0n) is 8.50. The van der Waals surface area contributed by atoms with Crippen LogP contribution >= 0.6 is 0 Å². The molecule has 2 heteroatoms. The third-order valence-corrected chi connectivity index (χ3v) is 2.67. The quantitative estimate of drug-likeness (QED) is 0.723.